The summed E-state index contributed by atoms with van der Waals surface area (Å²) in [6, 6.07) is 5.19. The SMILES string of the molecule is COc1ccsc1S(=O)(=O)Nc1cc(-c2ccsc2)[nH]n1. The predicted molar refractivity (Wildman–Crippen MR) is 83.6 cm³/mol. The minimum atomic E-state index is -3.70. The Morgan fingerprint density at radius 3 is 2.90 bits per heavy atom. The van der Waals surface area contributed by atoms with Gasteiger partial charge >= 0.3 is 0 Å². The van der Waals surface area contributed by atoms with Crippen LogP contribution in [-0.4, -0.2) is 25.7 Å². The van der Waals surface area contributed by atoms with Crippen LogP contribution in [0.3, 0.4) is 0 Å². The van der Waals surface area contributed by atoms with E-state index in [1.54, 1.807) is 28.8 Å². The maximum Gasteiger partial charge on any atom is 0.276 e. The summed E-state index contributed by atoms with van der Waals surface area (Å²) in [7, 11) is -2.27. The van der Waals surface area contributed by atoms with Crippen LogP contribution >= 0.6 is 22.7 Å². The van der Waals surface area contributed by atoms with Gasteiger partial charge in [0, 0.05) is 17.0 Å². The lowest BCUT2D eigenvalue weighted by Crippen LogP contribution is -2.12. The van der Waals surface area contributed by atoms with Crippen molar-refractivity contribution in [2.24, 2.45) is 0 Å². The molecule has 0 atom stereocenters. The lowest BCUT2D eigenvalue weighted by molar-refractivity contribution is 0.406. The normalized spacial score (nSPS) is 11.5. The Kier molecular flexibility index (Phi) is 3.70. The number of nitrogens with zero attached hydrogens (tertiary/aromatic N) is 1. The van der Waals surface area contributed by atoms with Crippen molar-refractivity contribution in [3.63, 3.8) is 0 Å². The molecule has 0 spiro atoms. The Bertz CT molecular complexity index is 834. The van der Waals surface area contributed by atoms with Crippen LogP contribution in [0.2, 0.25) is 0 Å². The highest BCUT2D eigenvalue weighted by Gasteiger charge is 2.22. The molecule has 3 aromatic heterocycles. The number of aromatic nitrogens is 2. The van der Waals surface area contributed by atoms with Gasteiger partial charge in [0.2, 0.25) is 0 Å². The number of rotatable bonds is 5. The second-order valence-corrected chi connectivity index (χ2v) is 7.63. The predicted octanol–water partition coefficient (Wildman–Crippen LogP) is 3.01. The third kappa shape index (κ3) is 2.80. The van der Waals surface area contributed by atoms with Gasteiger partial charge in [0.05, 0.1) is 12.8 Å². The zero-order valence-electron chi connectivity index (χ0n) is 10.9. The molecule has 110 valence electrons. The summed E-state index contributed by atoms with van der Waals surface area (Å²) in [6.45, 7) is 0. The number of nitrogens with one attached hydrogen (secondary N) is 2. The fourth-order valence-corrected chi connectivity index (χ4v) is 4.68. The Balaban J connectivity index is 1.86. The van der Waals surface area contributed by atoms with Gasteiger partial charge in [0.15, 0.2) is 10.0 Å². The van der Waals surface area contributed by atoms with E-state index in [0.29, 0.717) is 5.75 Å². The Labute approximate surface area is 129 Å². The fourth-order valence-electron chi connectivity index (χ4n) is 1.75. The zero-order valence-corrected chi connectivity index (χ0v) is 13.3. The fraction of sp³-hybridized carbons (Fsp3) is 0.0833. The molecule has 0 aliphatic carbocycles. The molecule has 0 bridgehead atoms. The number of thiophene rings is 2. The minimum Gasteiger partial charge on any atom is -0.494 e. The number of anilines is 1. The highest BCUT2D eigenvalue weighted by atomic mass is 32.2. The van der Waals surface area contributed by atoms with Crippen molar-refractivity contribution >= 4 is 38.5 Å². The molecule has 0 aliphatic rings. The van der Waals surface area contributed by atoms with Gasteiger partial charge in [0.25, 0.3) is 10.0 Å². The number of ether oxygens (including phenoxy) is 1. The second-order valence-electron chi connectivity index (χ2n) is 4.06. The van der Waals surface area contributed by atoms with Gasteiger partial charge in [-0.1, -0.05) is 0 Å². The van der Waals surface area contributed by atoms with E-state index in [4.69, 9.17) is 4.74 Å². The monoisotopic (exact) mass is 341 g/mol. The first-order chi connectivity index (χ1) is 10.1. The molecule has 0 saturated carbocycles. The quantitative estimate of drug-likeness (QED) is 0.747. The van der Waals surface area contributed by atoms with Crippen molar-refractivity contribution in [1.29, 1.82) is 0 Å². The van der Waals surface area contributed by atoms with Crippen LogP contribution in [-0.2, 0) is 10.0 Å². The number of H-pyrrole nitrogens is 1. The third-order valence-electron chi connectivity index (χ3n) is 2.71. The lowest BCUT2D eigenvalue weighted by atomic mass is 10.2. The van der Waals surface area contributed by atoms with E-state index in [9.17, 15) is 8.42 Å². The summed E-state index contributed by atoms with van der Waals surface area (Å²) < 4.78 is 32.2. The molecular formula is C12H11N3O3S3. The highest BCUT2D eigenvalue weighted by Crippen LogP contribution is 2.31. The Morgan fingerprint density at radius 1 is 1.33 bits per heavy atom. The van der Waals surface area contributed by atoms with Gasteiger partial charge in [0.1, 0.15) is 5.75 Å². The molecule has 0 amide bonds. The van der Waals surface area contributed by atoms with Gasteiger partial charge in [-0.15, -0.1) is 11.3 Å². The maximum absolute atomic E-state index is 12.3. The Morgan fingerprint density at radius 2 is 2.19 bits per heavy atom. The smallest absolute Gasteiger partial charge is 0.276 e. The average molecular weight is 341 g/mol. The summed E-state index contributed by atoms with van der Waals surface area (Å²) in [6.07, 6.45) is 0. The molecule has 2 N–H and O–H groups in total. The van der Waals surface area contributed by atoms with Crippen LogP contribution in [0.15, 0.2) is 38.5 Å². The van der Waals surface area contributed by atoms with Gasteiger partial charge in [-0.2, -0.15) is 16.4 Å². The van der Waals surface area contributed by atoms with E-state index in [1.165, 1.54) is 7.11 Å². The number of hydrogen-bond acceptors (Lipinski definition) is 6. The van der Waals surface area contributed by atoms with Crippen molar-refractivity contribution in [3.05, 3.63) is 34.3 Å². The molecule has 0 unspecified atom stereocenters. The first-order valence-corrected chi connectivity index (χ1v) is 9.13. The number of methoxy groups -OCH3 is 1. The molecule has 3 rings (SSSR count). The maximum atomic E-state index is 12.3. The number of sulfonamides is 1. The molecule has 0 aliphatic heterocycles. The summed E-state index contributed by atoms with van der Waals surface area (Å²) >= 11 is 2.65. The number of aromatic amines is 1. The van der Waals surface area contributed by atoms with Crippen molar-refractivity contribution in [3.8, 4) is 17.0 Å². The molecule has 21 heavy (non-hydrogen) atoms. The molecule has 0 fully saturated rings. The van der Waals surface area contributed by atoms with Crippen molar-refractivity contribution in [2.45, 2.75) is 4.21 Å². The van der Waals surface area contributed by atoms with E-state index < -0.39 is 10.0 Å². The van der Waals surface area contributed by atoms with Crippen LogP contribution in [0.4, 0.5) is 5.82 Å². The summed E-state index contributed by atoms with van der Waals surface area (Å²) in [5.41, 5.74) is 1.72. The molecule has 3 heterocycles. The van der Waals surface area contributed by atoms with E-state index >= 15 is 0 Å². The number of hydrogen-bond donors (Lipinski definition) is 2. The van der Waals surface area contributed by atoms with Crippen LogP contribution in [0.25, 0.3) is 11.3 Å². The van der Waals surface area contributed by atoms with E-state index in [0.717, 1.165) is 22.6 Å². The average Bonchev–Trinajstić information content (AvgIpc) is 3.19. The van der Waals surface area contributed by atoms with Crippen LogP contribution in [0, 0.1) is 0 Å². The first-order valence-electron chi connectivity index (χ1n) is 5.82. The van der Waals surface area contributed by atoms with Crippen molar-refractivity contribution in [1.82, 2.24) is 10.2 Å². The second kappa shape index (κ2) is 5.51. The van der Waals surface area contributed by atoms with E-state index in [-0.39, 0.29) is 10.0 Å². The van der Waals surface area contributed by atoms with Gasteiger partial charge in [-0.05, 0) is 22.9 Å². The minimum absolute atomic E-state index is 0.130. The van der Waals surface area contributed by atoms with Crippen molar-refractivity contribution < 1.29 is 13.2 Å². The van der Waals surface area contributed by atoms with Crippen LogP contribution in [0.5, 0.6) is 5.75 Å². The largest absolute Gasteiger partial charge is 0.494 e. The van der Waals surface area contributed by atoms with Gasteiger partial charge < -0.3 is 4.74 Å². The Hall–Kier alpha value is -1.84. The summed E-state index contributed by atoms with van der Waals surface area (Å²) in [4.78, 5) is 0. The van der Waals surface area contributed by atoms with E-state index in [2.05, 4.69) is 14.9 Å². The summed E-state index contributed by atoms with van der Waals surface area (Å²) in [5, 5.41) is 12.3. The van der Waals surface area contributed by atoms with Gasteiger partial charge in [-0.25, -0.2) is 8.42 Å². The zero-order chi connectivity index (χ0) is 14.9. The molecule has 0 saturated heterocycles. The molecule has 9 heteroatoms. The topological polar surface area (TPSA) is 84.1 Å². The standard InChI is InChI=1S/C12H11N3O3S3/c1-18-10-3-5-20-12(10)21(16,17)15-11-6-9(13-14-11)8-2-4-19-7-8/h2-7H,1H3,(H2,13,14,15). The third-order valence-corrected chi connectivity index (χ3v) is 6.19. The van der Waals surface area contributed by atoms with E-state index in [1.807, 2.05) is 16.8 Å². The van der Waals surface area contributed by atoms with Gasteiger partial charge in [-0.3, -0.25) is 9.82 Å². The molecule has 3 aromatic rings. The van der Waals surface area contributed by atoms with Crippen LogP contribution in [0.1, 0.15) is 0 Å². The summed E-state index contributed by atoms with van der Waals surface area (Å²) in [5.74, 6) is 0.563. The molecule has 0 aromatic carbocycles. The van der Waals surface area contributed by atoms with Crippen LogP contribution < -0.4 is 9.46 Å². The first kappa shape index (κ1) is 14.1. The molecular weight excluding hydrogens is 330 g/mol. The molecule has 0 radical (unpaired) electrons. The highest BCUT2D eigenvalue weighted by molar-refractivity contribution is 7.94. The lowest BCUT2D eigenvalue weighted by Gasteiger charge is -2.04. The van der Waals surface area contributed by atoms with Crippen molar-refractivity contribution in [2.75, 3.05) is 11.8 Å². The molecule has 6 nitrogen and oxygen atoms in total.